The molecule has 0 bridgehead atoms. The zero-order valence-electron chi connectivity index (χ0n) is 14.9. The van der Waals surface area contributed by atoms with Crippen LogP contribution in [0.3, 0.4) is 0 Å². The van der Waals surface area contributed by atoms with E-state index in [0.717, 1.165) is 0 Å². The first-order valence-electron chi connectivity index (χ1n) is 8.61. The molecule has 2 aliphatic rings. The molecule has 2 saturated heterocycles. The van der Waals surface area contributed by atoms with Gasteiger partial charge in [0, 0.05) is 12.0 Å². The van der Waals surface area contributed by atoms with Crippen LogP contribution in [0.25, 0.3) is 0 Å². The van der Waals surface area contributed by atoms with Crippen LogP contribution in [0.1, 0.15) is 19.3 Å². The molecule has 0 aliphatic carbocycles. The Balaban J connectivity index is 1.98. The van der Waals surface area contributed by atoms with Gasteiger partial charge in [-0.2, -0.15) is 0 Å². The van der Waals surface area contributed by atoms with Crippen LogP contribution >= 0.6 is 7.82 Å². The Morgan fingerprint density at radius 3 is 2.38 bits per heavy atom. The molecule has 2 unspecified atom stereocenters. The normalized spacial score (nSPS) is 36.8. The second-order valence-electron chi connectivity index (χ2n) is 6.56. The van der Waals surface area contributed by atoms with Gasteiger partial charge in [-0.3, -0.25) is 18.4 Å². The molecular weight excluding hydrogens is 369 g/mol. The van der Waals surface area contributed by atoms with Gasteiger partial charge in [0.15, 0.2) is 0 Å². The summed E-state index contributed by atoms with van der Waals surface area (Å²) < 4.78 is 39.7. The average Bonchev–Trinajstić information content (AvgIpc) is 3.06. The van der Waals surface area contributed by atoms with E-state index < -0.39 is 38.2 Å². The van der Waals surface area contributed by atoms with E-state index >= 15 is 0 Å². The van der Waals surface area contributed by atoms with Crippen LogP contribution in [0, 0.1) is 0 Å². The van der Waals surface area contributed by atoms with Crippen LogP contribution < -0.4 is 0 Å². The third-order valence-corrected chi connectivity index (χ3v) is 5.70. The lowest BCUT2D eigenvalue weighted by Crippen LogP contribution is -2.29. The molecular formula is C13H25B2O10P. The molecule has 10 nitrogen and oxygen atoms in total. The number of phosphoric ester groups is 1. The van der Waals surface area contributed by atoms with Crippen molar-refractivity contribution < 1.29 is 47.7 Å². The van der Waals surface area contributed by atoms with Crippen molar-refractivity contribution in [2.45, 2.75) is 55.7 Å². The molecule has 0 saturated carbocycles. The van der Waals surface area contributed by atoms with E-state index in [0.29, 0.717) is 12.8 Å². The quantitative estimate of drug-likeness (QED) is 0.277. The second-order valence-corrected chi connectivity index (χ2v) is 8.18. The highest BCUT2D eigenvalue weighted by Gasteiger charge is 2.42. The van der Waals surface area contributed by atoms with Crippen molar-refractivity contribution in [3.05, 3.63) is 0 Å². The standard InChI is InChI=1S/C13H25B2O10P/c14-11-3-7(17)10(24-11)6-22-26(20,21-2-1-13(18)19)25-8-4-12(15)23-9(8)5-16/h7-12,16-17H,1-6,14-15H2,(H,18,19)/t7?,8?,9-,10-,11-,12-,26+/m1/s1. The van der Waals surface area contributed by atoms with Gasteiger partial charge in [-0.25, -0.2) is 4.57 Å². The van der Waals surface area contributed by atoms with Crippen molar-refractivity contribution in [2.24, 2.45) is 0 Å². The maximum absolute atomic E-state index is 12.9. The van der Waals surface area contributed by atoms with Crippen LogP contribution in [0.5, 0.6) is 0 Å². The van der Waals surface area contributed by atoms with Crippen molar-refractivity contribution in [1.82, 2.24) is 0 Å². The van der Waals surface area contributed by atoms with Gasteiger partial charge < -0.3 is 24.8 Å². The van der Waals surface area contributed by atoms with Crippen LogP contribution in [0.2, 0.25) is 0 Å². The zero-order valence-corrected chi connectivity index (χ0v) is 15.7. The summed E-state index contributed by atoms with van der Waals surface area (Å²) in [5.41, 5.74) is 0. The predicted molar refractivity (Wildman–Crippen MR) is 93.4 cm³/mol. The molecule has 0 aromatic heterocycles. The Kier molecular flexibility index (Phi) is 8.11. The zero-order chi connectivity index (χ0) is 19.3. The van der Waals surface area contributed by atoms with E-state index in [4.69, 9.17) is 28.2 Å². The molecule has 7 atom stereocenters. The molecule has 0 amide bonds. The van der Waals surface area contributed by atoms with Gasteiger partial charge >= 0.3 is 13.8 Å². The molecule has 0 aromatic rings. The van der Waals surface area contributed by atoms with E-state index in [1.807, 2.05) is 0 Å². The summed E-state index contributed by atoms with van der Waals surface area (Å²) >= 11 is 0. The number of rotatable bonds is 10. The molecule has 148 valence electrons. The Morgan fingerprint density at radius 2 is 1.81 bits per heavy atom. The number of hydrogen-bond acceptors (Lipinski definition) is 9. The van der Waals surface area contributed by atoms with Crippen molar-refractivity contribution in [3.8, 4) is 0 Å². The highest BCUT2D eigenvalue weighted by atomic mass is 31.2. The van der Waals surface area contributed by atoms with Gasteiger partial charge in [-0.05, 0) is 12.8 Å². The summed E-state index contributed by atoms with van der Waals surface area (Å²) in [6.45, 7) is -0.932. The molecule has 2 rings (SSSR count). The van der Waals surface area contributed by atoms with Crippen molar-refractivity contribution >= 4 is 29.5 Å². The van der Waals surface area contributed by atoms with Gasteiger partial charge in [0.1, 0.15) is 27.9 Å². The molecule has 2 fully saturated rings. The number of carboxylic acids is 1. The van der Waals surface area contributed by atoms with Gasteiger partial charge in [-0.15, -0.1) is 0 Å². The van der Waals surface area contributed by atoms with Crippen molar-refractivity contribution in [1.29, 1.82) is 0 Å². The Hall–Kier alpha value is -0.450. The van der Waals surface area contributed by atoms with E-state index in [-0.39, 0.29) is 38.2 Å². The lowest BCUT2D eigenvalue weighted by molar-refractivity contribution is -0.137. The molecule has 26 heavy (non-hydrogen) atoms. The maximum Gasteiger partial charge on any atom is 0.475 e. The van der Waals surface area contributed by atoms with Crippen LogP contribution in [0.15, 0.2) is 0 Å². The average molecular weight is 394 g/mol. The summed E-state index contributed by atoms with van der Waals surface area (Å²) in [5, 5.41) is 28.0. The second kappa shape index (κ2) is 9.66. The monoisotopic (exact) mass is 394 g/mol. The summed E-state index contributed by atoms with van der Waals surface area (Å²) in [5.74, 6) is -1.12. The van der Waals surface area contributed by atoms with Crippen molar-refractivity contribution in [2.75, 3.05) is 19.8 Å². The van der Waals surface area contributed by atoms with Gasteiger partial charge in [0.25, 0.3) is 0 Å². The first-order valence-corrected chi connectivity index (χ1v) is 10.1. The van der Waals surface area contributed by atoms with E-state index in [1.54, 1.807) is 15.7 Å². The van der Waals surface area contributed by atoms with Crippen molar-refractivity contribution in [3.63, 3.8) is 0 Å². The fraction of sp³-hybridized carbons (Fsp3) is 0.923. The lowest BCUT2D eigenvalue weighted by atomic mass is 9.96. The number of carboxylic acid groups (broad SMARTS) is 1. The summed E-state index contributed by atoms with van der Waals surface area (Å²) in [6.07, 6.45) is -2.43. The molecule has 3 N–H and O–H groups in total. The van der Waals surface area contributed by atoms with E-state index in [1.165, 1.54) is 0 Å². The highest BCUT2D eigenvalue weighted by molar-refractivity contribution is 7.48. The Labute approximate surface area is 153 Å². The first-order chi connectivity index (χ1) is 12.2. The number of hydrogen-bond donors (Lipinski definition) is 3. The topological polar surface area (TPSA) is 141 Å². The molecule has 0 spiro atoms. The molecule has 2 heterocycles. The smallest absolute Gasteiger partial charge is 0.475 e. The molecule has 0 aromatic carbocycles. The number of aliphatic carboxylic acids is 1. The largest absolute Gasteiger partial charge is 0.481 e. The number of carbonyl (C=O) groups is 1. The number of aliphatic hydroxyl groups is 2. The minimum absolute atomic E-state index is 0.158. The third kappa shape index (κ3) is 6.31. The first kappa shape index (κ1) is 21.8. The Bertz CT molecular complexity index is 523. The van der Waals surface area contributed by atoms with Crippen LogP contribution in [-0.2, 0) is 32.4 Å². The van der Waals surface area contributed by atoms with E-state index in [9.17, 15) is 19.6 Å². The summed E-state index contributed by atoms with van der Waals surface area (Å²) in [7, 11) is -0.564. The maximum atomic E-state index is 12.9. The minimum atomic E-state index is -4.15. The lowest BCUT2D eigenvalue weighted by Gasteiger charge is -2.25. The van der Waals surface area contributed by atoms with E-state index in [2.05, 4.69) is 0 Å². The summed E-state index contributed by atoms with van der Waals surface area (Å²) in [6, 6.07) is -0.361. The molecule has 0 radical (unpaired) electrons. The number of ether oxygens (including phenoxy) is 2. The number of aliphatic hydroxyl groups excluding tert-OH is 2. The van der Waals surface area contributed by atoms with Crippen LogP contribution in [0.4, 0.5) is 0 Å². The van der Waals surface area contributed by atoms with Gasteiger partial charge in [0.05, 0.1) is 38.4 Å². The fourth-order valence-corrected chi connectivity index (χ4v) is 4.35. The third-order valence-electron chi connectivity index (χ3n) is 4.20. The molecule has 2 aliphatic heterocycles. The SMILES string of the molecule is B[C@H]1CC(O)[C@@H](CO[P@](=O)(OCCC(=O)O)OC2C[C@H](B)O[C@@H]2CO)O1. The van der Waals surface area contributed by atoms with Gasteiger partial charge in [-0.1, -0.05) is 0 Å². The predicted octanol–water partition coefficient (Wildman–Crippen LogP) is -2.16. The minimum Gasteiger partial charge on any atom is -0.481 e. The number of phosphoric acid groups is 1. The molecule has 13 heteroatoms. The highest BCUT2D eigenvalue weighted by Crippen LogP contribution is 2.52. The van der Waals surface area contributed by atoms with Gasteiger partial charge in [0.2, 0.25) is 0 Å². The van der Waals surface area contributed by atoms with Crippen LogP contribution in [-0.4, -0.2) is 93.2 Å². The Morgan fingerprint density at radius 1 is 1.15 bits per heavy atom. The summed E-state index contributed by atoms with van der Waals surface area (Å²) in [4.78, 5) is 10.7. The fourth-order valence-electron chi connectivity index (χ4n) is 2.95.